The van der Waals surface area contributed by atoms with Gasteiger partial charge < -0.3 is 15.5 Å². The molecule has 0 fully saturated rings. The summed E-state index contributed by atoms with van der Waals surface area (Å²) in [6.45, 7) is 2.29. The summed E-state index contributed by atoms with van der Waals surface area (Å²) in [5.41, 5.74) is 0.519. The van der Waals surface area contributed by atoms with E-state index in [9.17, 15) is 19.7 Å². The Bertz CT molecular complexity index is 572. The van der Waals surface area contributed by atoms with Crippen LogP contribution in [-0.4, -0.2) is 43.9 Å². The number of carbonyl (C=O) groups excluding carboxylic acids is 2. The molecule has 0 unspecified atom stereocenters. The van der Waals surface area contributed by atoms with Crippen LogP contribution in [0, 0.1) is 10.1 Å². The quantitative estimate of drug-likeness (QED) is 0.575. The van der Waals surface area contributed by atoms with E-state index in [0.29, 0.717) is 12.2 Å². The van der Waals surface area contributed by atoms with Gasteiger partial charge in [-0.25, -0.2) is 0 Å². The van der Waals surface area contributed by atoms with Crippen molar-refractivity contribution in [3.63, 3.8) is 0 Å². The second kappa shape index (κ2) is 7.96. The molecule has 2 amide bonds. The first kappa shape index (κ1) is 17.4. The molecule has 0 radical (unpaired) electrons. The molecule has 0 atom stereocenters. The highest BCUT2D eigenvalue weighted by Gasteiger charge is 2.18. The lowest BCUT2D eigenvalue weighted by Crippen LogP contribution is -2.37. The van der Waals surface area contributed by atoms with Gasteiger partial charge in [0.25, 0.3) is 11.6 Å². The Morgan fingerprint density at radius 1 is 1.27 bits per heavy atom. The van der Waals surface area contributed by atoms with Crippen LogP contribution in [0.2, 0.25) is 0 Å². The number of anilines is 1. The molecule has 0 spiro atoms. The van der Waals surface area contributed by atoms with Crippen molar-refractivity contribution < 1.29 is 14.5 Å². The van der Waals surface area contributed by atoms with Crippen LogP contribution < -0.4 is 15.5 Å². The Morgan fingerprint density at radius 2 is 1.95 bits per heavy atom. The molecule has 0 saturated heterocycles. The average molecular weight is 308 g/mol. The van der Waals surface area contributed by atoms with Gasteiger partial charge in [0.2, 0.25) is 5.91 Å². The molecule has 8 nitrogen and oxygen atoms in total. The van der Waals surface area contributed by atoms with E-state index in [0.717, 1.165) is 6.42 Å². The number of rotatable bonds is 7. The van der Waals surface area contributed by atoms with E-state index in [4.69, 9.17) is 0 Å². The number of nitro benzene ring substituents is 1. The number of nitrogens with zero attached hydrogens (tertiary/aromatic N) is 2. The van der Waals surface area contributed by atoms with E-state index in [2.05, 4.69) is 10.6 Å². The van der Waals surface area contributed by atoms with Gasteiger partial charge in [0, 0.05) is 38.5 Å². The van der Waals surface area contributed by atoms with Crippen molar-refractivity contribution in [3.05, 3.63) is 33.9 Å². The van der Waals surface area contributed by atoms with Crippen molar-refractivity contribution in [3.8, 4) is 0 Å². The van der Waals surface area contributed by atoms with Gasteiger partial charge in [-0.1, -0.05) is 6.92 Å². The summed E-state index contributed by atoms with van der Waals surface area (Å²) in [4.78, 5) is 35.6. The molecule has 8 heteroatoms. The average Bonchev–Trinajstić information content (AvgIpc) is 2.49. The Labute approximate surface area is 128 Å². The monoisotopic (exact) mass is 308 g/mol. The van der Waals surface area contributed by atoms with Crippen LogP contribution in [0.4, 0.5) is 11.4 Å². The molecule has 0 aliphatic carbocycles. The van der Waals surface area contributed by atoms with E-state index < -0.39 is 10.8 Å². The third-order valence-corrected chi connectivity index (χ3v) is 2.90. The van der Waals surface area contributed by atoms with Crippen LogP contribution in [0.25, 0.3) is 0 Å². The zero-order valence-corrected chi connectivity index (χ0v) is 12.9. The Morgan fingerprint density at radius 3 is 2.50 bits per heavy atom. The minimum Gasteiger partial charge on any atom is -0.377 e. The fourth-order valence-electron chi connectivity index (χ4n) is 1.79. The van der Waals surface area contributed by atoms with Crippen LogP contribution in [-0.2, 0) is 4.79 Å². The van der Waals surface area contributed by atoms with Gasteiger partial charge in [-0.2, -0.15) is 0 Å². The van der Waals surface area contributed by atoms with Gasteiger partial charge >= 0.3 is 0 Å². The molecule has 2 N–H and O–H groups in total. The molecule has 1 rings (SSSR count). The molecule has 1 aromatic carbocycles. The van der Waals surface area contributed by atoms with Gasteiger partial charge in [0.15, 0.2) is 0 Å². The number of non-ortho nitro benzene ring substituents is 1. The van der Waals surface area contributed by atoms with Gasteiger partial charge in [-0.3, -0.25) is 19.7 Å². The molecule has 0 saturated carbocycles. The maximum absolute atomic E-state index is 12.2. The predicted molar refractivity (Wildman–Crippen MR) is 83.1 cm³/mol. The van der Waals surface area contributed by atoms with Crippen LogP contribution in [0.3, 0.4) is 0 Å². The third kappa shape index (κ3) is 4.72. The number of amides is 2. The Balaban J connectivity index is 2.88. The summed E-state index contributed by atoms with van der Waals surface area (Å²) < 4.78 is 0. The minimum absolute atomic E-state index is 0.155. The number of hydrogen-bond donors (Lipinski definition) is 2. The van der Waals surface area contributed by atoms with E-state index >= 15 is 0 Å². The van der Waals surface area contributed by atoms with Crippen molar-refractivity contribution in [1.29, 1.82) is 0 Å². The van der Waals surface area contributed by atoms with Crippen molar-refractivity contribution >= 4 is 23.2 Å². The number of nitrogens with one attached hydrogen (secondary N) is 2. The molecule has 0 heterocycles. The fraction of sp³-hybridized carbons (Fsp3) is 0.429. The zero-order valence-electron chi connectivity index (χ0n) is 12.9. The first-order valence-electron chi connectivity index (χ1n) is 6.87. The van der Waals surface area contributed by atoms with Crippen molar-refractivity contribution in [2.45, 2.75) is 13.3 Å². The SMILES string of the molecule is CCCNC(=O)CNC(=O)c1cc([N+](=O)[O-])ccc1N(C)C. The van der Waals surface area contributed by atoms with Crippen LogP contribution in [0.15, 0.2) is 18.2 Å². The van der Waals surface area contributed by atoms with E-state index in [1.54, 1.807) is 19.0 Å². The lowest BCUT2D eigenvalue weighted by atomic mass is 10.1. The molecule has 22 heavy (non-hydrogen) atoms. The second-order valence-corrected chi connectivity index (χ2v) is 4.89. The highest BCUT2D eigenvalue weighted by molar-refractivity contribution is 6.01. The number of carbonyl (C=O) groups is 2. The minimum atomic E-state index is -0.565. The lowest BCUT2D eigenvalue weighted by Gasteiger charge is -2.16. The van der Waals surface area contributed by atoms with Crippen LogP contribution in [0.1, 0.15) is 23.7 Å². The topological polar surface area (TPSA) is 105 Å². The molecule has 1 aromatic rings. The molecular formula is C14H20N4O4. The molecule has 120 valence electrons. The molecule has 0 bridgehead atoms. The van der Waals surface area contributed by atoms with Gasteiger partial charge in [-0.05, 0) is 12.5 Å². The van der Waals surface area contributed by atoms with Crippen molar-refractivity contribution in [1.82, 2.24) is 10.6 Å². The molecular weight excluding hydrogens is 288 g/mol. The summed E-state index contributed by atoms with van der Waals surface area (Å²) in [6, 6.07) is 4.04. The van der Waals surface area contributed by atoms with Crippen molar-refractivity contribution in [2.75, 3.05) is 32.1 Å². The maximum Gasteiger partial charge on any atom is 0.270 e. The Kier molecular flexibility index (Phi) is 6.30. The summed E-state index contributed by atoms with van der Waals surface area (Å²) in [7, 11) is 3.46. The maximum atomic E-state index is 12.2. The third-order valence-electron chi connectivity index (χ3n) is 2.90. The van der Waals surface area contributed by atoms with Crippen LogP contribution >= 0.6 is 0 Å². The van der Waals surface area contributed by atoms with Gasteiger partial charge in [0.1, 0.15) is 0 Å². The standard InChI is InChI=1S/C14H20N4O4/c1-4-7-15-13(19)9-16-14(20)11-8-10(18(21)22)5-6-12(11)17(2)3/h5-6,8H,4,7,9H2,1-3H3,(H,15,19)(H,16,20). The zero-order chi connectivity index (χ0) is 16.7. The second-order valence-electron chi connectivity index (χ2n) is 4.89. The first-order valence-corrected chi connectivity index (χ1v) is 6.87. The normalized spacial score (nSPS) is 9.95. The van der Waals surface area contributed by atoms with E-state index in [1.165, 1.54) is 18.2 Å². The molecule has 0 aliphatic rings. The van der Waals surface area contributed by atoms with E-state index in [-0.39, 0.29) is 23.7 Å². The number of nitro groups is 1. The summed E-state index contributed by atoms with van der Waals surface area (Å²) in [5.74, 6) is -0.828. The summed E-state index contributed by atoms with van der Waals surface area (Å²) in [5, 5.41) is 15.9. The summed E-state index contributed by atoms with van der Waals surface area (Å²) >= 11 is 0. The van der Waals surface area contributed by atoms with Crippen molar-refractivity contribution in [2.24, 2.45) is 0 Å². The predicted octanol–water partition coefficient (Wildman–Crippen LogP) is 0.917. The smallest absolute Gasteiger partial charge is 0.270 e. The number of hydrogen-bond acceptors (Lipinski definition) is 5. The van der Waals surface area contributed by atoms with Crippen LogP contribution in [0.5, 0.6) is 0 Å². The molecule has 0 aromatic heterocycles. The fourth-order valence-corrected chi connectivity index (χ4v) is 1.79. The largest absolute Gasteiger partial charge is 0.377 e. The van der Waals surface area contributed by atoms with Gasteiger partial charge in [0.05, 0.1) is 17.0 Å². The molecule has 0 aliphatic heterocycles. The highest BCUT2D eigenvalue weighted by atomic mass is 16.6. The van der Waals surface area contributed by atoms with E-state index in [1.807, 2.05) is 6.92 Å². The Hall–Kier alpha value is -2.64. The lowest BCUT2D eigenvalue weighted by molar-refractivity contribution is -0.384. The van der Waals surface area contributed by atoms with Gasteiger partial charge in [-0.15, -0.1) is 0 Å². The highest BCUT2D eigenvalue weighted by Crippen LogP contribution is 2.24. The first-order chi connectivity index (χ1) is 10.4. The number of benzene rings is 1. The summed E-state index contributed by atoms with van der Waals surface area (Å²) in [6.07, 6.45) is 0.801.